The van der Waals surface area contributed by atoms with Gasteiger partial charge < -0.3 is 20.1 Å². The number of benzene rings is 2. The van der Waals surface area contributed by atoms with Crippen LogP contribution in [0.25, 0.3) is 0 Å². The van der Waals surface area contributed by atoms with Crippen LogP contribution < -0.4 is 20.1 Å². The van der Waals surface area contributed by atoms with Crippen molar-refractivity contribution in [2.75, 3.05) is 12.4 Å². The first-order chi connectivity index (χ1) is 16.3. The topological polar surface area (TPSA) is 76.7 Å². The van der Waals surface area contributed by atoms with Crippen LogP contribution in [0.2, 0.25) is 10.0 Å². The maximum atomic E-state index is 13.0. The highest BCUT2D eigenvalue weighted by Gasteiger charge is 2.33. The number of amides is 1. The number of rotatable bonds is 4. The maximum Gasteiger partial charge on any atom is 0.345 e. The van der Waals surface area contributed by atoms with Gasteiger partial charge >= 0.3 is 5.97 Å². The molecule has 0 saturated carbocycles. The molecule has 2 heterocycles. The second-order valence-electron chi connectivity index (χ2n) is 8.53. The second-order valence-corrected chi connectivity index (χ2v) is 10.5. The maximum absolute atomic E-state index is 13.0. The minimum absolute atomic E-state index is 0.0716. The Morgan fingerprint density at radius 2 is 1.94 bits per heavy atom. The summed E-state index contributed by atoms with van der Waals surface area (Å²) in [5.74, 6) is 0.536. The summed E-state index contributed by atoms with van der Waals surface area (Å²) in [5.41, 5.74) is 2.93. The molecule has 2 aliphatic rings. The molecule has 2 N–H and O–H groups in total. The average Bonchev–Trinajstić information content (AvgIpc) is 3.17. The summed E-state index contributed by atoms with van der Waals surface area (Å²) >= 11 is 13.7. The van der Waals surface area contributed by atoms with Crippen molar-refractivity contribution in [1.82, 2.24) is 5.32 Å². The van der Waals surface area contributed by atoms with Crippen molar-refractivity contribution in [2.45, 2.75) is 32.4 Å². The molecule has 1 aliphatic heterocycles. The van der Waals surface area contributed by atoms with Gasteiger partial charge in [0.25, 0.3) is 5.91 Å². The highest BCUT2D eigenvalue weighted by Crippen LogP contribution is 2.43. The summed E-state index contributed by atoms with van der Waals surface area (Å²) in [5, 5.41) is 8.04. The molecule has 0 radical (unpaired) electrons. The normalized spacial score (nSPS) is 18.9. The number of carbonyl (C=O) groups excluding carboxylic acids is 2. The van der Waals surface area contributed by atoms with E-state index in [1.54, 1.807) is 35.6 Å². The Hall–Kier alpha value is -2.74. The van der Waals surface area contributed by atoms with E-state index >= 15 is 0 Å². The molecular formula is C25H22Cl2N2O4S. The molecule has 1 amide bonds. The van der Waals surface area contributed by atoms with Crippen molar-refractivity contribution in [3.05, 3.63) is 73.6 Å². The van der Waals surface area contributed by atoms with Crippen LogP contribution in [0.3, 0.4) is 0 Å². The number of hydrogen-bond acceptors (Lipinski definition) is 6. The monoisotopic (exact) mass is 516 g/mol. The van der Waals surface area contributed by atoms with Crippen molar-refractivity contribution >= 4 is 51.4 Å². The molecule has 0 unspecified atom stereocenters. The quantitative estimate of drug-likeness (QED) is 0.316. The van der Waals surface area contributed by atoms with Crippen LogP contribution in [0.5, 0.6) is 11.5 Å². The van der Waals surface area contributed by atoms with Gasteiger partial charge in [-0.1, -0.05) is 36.2 Å². The van der Waals surface area contributed by atoms with Crippen molar-refractivity contribution in [1.29, 1.82) is 0 Å². The summed E-state index contributed by atoms with van der Waals surface area (Å²) < 4.78 is 11.0. The van der Waals surface area contributed by atoms with E-state index in [0.717, 1.165) is 35.4 Å². The number of hydrogen-bond donors (Lipinski definition) is 2. The summed E-state index contributed by atoms with van der Waals surface area (Å²) in [6.45, 7) is 2.25. The molecular weight excluding hydrogens is 495 g/mol. The van der Waals surface area contributed by atoms with Gasteiger partial charge in [-0.15, -0.1) is 11.3 Å². The molecule has 9 heteroatoms. The number of carbonyl (C=O) groups is 2. The van der Waals surface area contributed by atoms with Gasteiger partial charge in [-0.05, 0) is 66.6 Å². The molecule has 0 bridgehead atoms. The minimum atomic E-state index is -0.625. The fourth-order valence-electron chi connectivity index (χ4n) is 4.39. The van der Waals surface area contributed by atoms with E-state index in [1.807, 2.05) is 0 Å². The van der Waals surface area contributed by atoms with E-state index in [0.29, 0.717) is 16.7 Å². The van der Waals surface area contributed by atoms with Gasteiger partial charge in [-0.3, -0.25) is 4.79 Å². The van der Waals surface area contributed by atoms with E-state index in [2.05, 4.69) is 17.6 Å². The Labute approximate surface area is 211 Å². The first kappa shape index (κ1) is 23.0. The predicted molar refractivity (Wildman–Crippen MR) is 134 cm³/mol. The molecule has 1 aromatic heterocycles. The summed E-state index contributed by atoms with van der Waals surface area (Å²) in [6.07, 6.45) is 2.62. The first-order valence-corrected chi connectivity index (χ1v) is 12.5. The van der Waals surface area contributed by atoms with E-state index in [9.17, 15) is 9.59 Å². The van der Waals surface area contributed by atoms with Crippen molar-refractivity contribution < 1.29 is 19.1 Å². The van der Waals surface area contributed by atoms with Gasteiger partial charge in [0.1, 0.15) is 11.2 Å². The Balaban J connectivity index is 1.38. The number of anilines is 1. The van der Waals surface area contributed by atoms with Gasteiger partial charge in [-0.25, -0.2) is 4.79 Å². The molecule has 3 aromatic rings. The Bertz CT molecular complexity index is 1310. The summed E-state index contributed by atoms with van der Waals surface area (Å²) in [7, 11) is 1.49. The number of thiophene rings is 1. The van der Waals surface area contributed by atoms with Crippen LogP contribution in [-0.4, -0.2) is 19.0 Å². The number of fused-ring (bicyclic) bond motifs is 3. The molecule has 1 aliphatic carbocycles. The highest BCUT2D eigenvalue weighted by molar-refractivity contribution is 7.16. The second kappa shape index (κ2) is 9.13. The fraction of sp³-hybridized carbons (Fsp3) is 0.280. The Kier molecular flexibility index (Phi) is 6.18. The van der Waals surface area contributed by atoms with Crippen LogP contribution in [-0.2, 0) is 12.8 Å². The van der Waals surface area contributed by atoms with E-state index < -0.39 is 12.1 Å². The molecule has 34 heavy (non-hydrogen) atoms. The van der Waals surface area contributed by atoms with Gasteiger partial charge in [0.05, 0.1) is 23.3 Å². The zero-order valence-corrected chi connectivity index (χ0v) is 20.9. The molecule has 5 rings (SSSR count). The molecule has 6 nitrogen and oxygen atoms in total. The number of ether oxygens (including phenoxy) is 2. The molecule has 2 atom stereocenters. The Morgan fingerprint density at radius 1 is 1.12 bits per heavy atom. The number of halogens is 2. The van der Waals surface area contributed by atoms with Crippen LogP contribution in [0.15, 0.2) is 36.4 Å². The third kappa shape index (κ3) is 4.24. The first-order valence-electron chi connectivity index (χ1n) is 10.9. The standard InChI is InChI=1S/C25H22Cl2N2O4S/c1-12-3-6-16-20(9-12)34-24-21(16)23(30)28-22(29-24)13-4-8-18(19(10-13)32-2)33-25(31)15-7-5-14(26)11-17(15)27/h4-5,7-8,10-12,22,29H,3,6,9H2,1-2H3,(H,28,30)/t12-,22+/m1/s1. The molecule has 0 saturated heterocycles. The number of methoxy groups -OCH3 is 1. The van der Waals surface area contributed by atoms with Crippen LogP contribution >= 0.6 is 34.5 Å². The minimum Gasteiger partial charge on any atom is -0.493 e. The zero-order chi connectivity index (χ0) is 24.0. The third-order valence-electron chi connectivity index (χ3n) is 6.16. The summed E-state index contributed by atoms with van der Waals surface area (Å²) in [6, 6.07) is 9.72. The smallest absolute Gasteiger partial charge is 0.345 e. The lowest BCUT2D eigenvalue weighted by atomic mass is 9.88. The SMILES string of the molecule is COc1cc([C@H]2NC(=O)c3c(sc4c3CC[C@@H](C)C4)N2)ccc1OC(=O)c1ccc(Cl)cc1Cl. The lowest BCUT2D eigenvalue weighted by Crippen LogP contribution is -2.38. The van der Waals surface area contributed by atoms with Gasteiger partial charge in [-0.2, -0.15) is 0 Å². The van der Waals surface area contributed by atoms with Crippen molar-refractivity contribution in [3.8, 4) is 11.5 Å². The van der Waals surface area contributed by atoms with Gasteiger partial charge in [0.15, 0.2) is 11.5 Å². The van der Waals surface area contributed by atoms with Crippen molar-refractivity contribution in [3.63, 3.8) is 0 Å². The Morgan fingerprint density at radius 3 is 2.71 bits per heavy atom. The van der Waals surface area contributed by atoms with Crippen molar-refractivity contribution in [2.24, 2.45) is 5.92 Å². The zero-order valence-electron chi connectivity index (χ0n) is 18.5. The number of nitrogens with one attached hydrogen (secondary N) is 2. The fourth-order valence-corrected chi connectivity index (χ4v) is 6.31. The molecule has 0 spiro atoms. The molecule has 0 fully saturated rings. The lowest BCUT2D eigenvalue weighted by Gasteiger charge is -2.27. The average molecular weight is 517 g/mol. The highest BCUT2D eigenvalue weighted by atomic mass is 35.5. The van der Waals surface area contributed by atoms with E-state index in [1.165, 1.54) is 29.7 Å². The van der Waals surface area contributed by atoms with E-state index in [-0.39, 0.29) is 22.2 Å². The van der Waals surface area contributed by atoms with Crippen LogP contribution in [0, 0.1) is 5.92 Å². The molecule has 176 valence electrons. The van der Waals surface area contributed by atoms with Gasteiger partial charge in [0, 0.05) is 9.90 Å². The lowest BCUT2D eigenvalue weighted by molar-refractivity contribution is 0.0729. The molecule has 2 aromatic carbocycles. The summed E-state index contributed by atoms with van der Waals surface area (Å²) in [4.78, 5) is 26.9. The third-order valence-corrected chi connectivity index (χ3v) is 7.90. The largest absolute Gasteiger partial charge is 0.493 e. The number of esters is 1. The van der Waals surface area contributed by atoms with Crippen LogP contribution in [0.1, 0.15) is 56.2 Å². The van der Waals surface area contributed by atoms with E-state index in [4.69, 9.17) is 32.7 Å². The predicted octanol–water partition coefficient (Wildman–Crippen LogP) is 6.26. The van der Waals surface area contributed by atoms with Crippen LogP contribution in [0.4, 0.5) is 5.00 Å². The van der Waals surface area contributed by atoms with Gasteiger partial charge in [0.2, 0.25) is 0 Å².